The van der Waals surface area contributed by atoms with Gasteiger partial charge in [0, 0.05) is 23.0 Å². The van der Waals surface area contributed by atoms with Crippen molar-refractivity contribution in [2.75, 3.05) is 13.1 Å². The fourth-order valence-electron chi connectivity index (χ4n) is 3.87. The van der Waals surface area contributed by atoms with E-state index in [2.05, 4.69) is 22.1 Å². The van der Waals surface area contributed by atoms with Crippen LogP contribution in [-0.4, -0.2) is 41.0 Å². The van der Waals surface area contributed by atoms with Crippen molar-refractivity contribution in [1.29, 1.82) is 0 Å². The summed E-state index contributed by atoms with van der Waals surface area (Å²) in [6.45, 7) is 4.30. The van der Waals surface area contributed by atoms with Crippen molar-refractivity contribution >= 4 is 17.7 Å². The third-order valence-corrected chi connectivity index (χ3v) is 6.07. The Kier molecular flexibility index (Phi) is 4.71. The molecule has 138 valence electrons. The summed E-state index contributed by atoms with van der Waals surface area (Å²) in [5.41, 5.74) is 0. The van der Waals surface area contributed by atoms with Crippen LogP contribution in [0.4, 0.5) is 8.78 Å². The first-order valence-corrected chi connectivity index (χ1v) is 9.46. The Morgan fingerprint density at radius 2 is 1.96 bits per heavy atom. The number of benzene rings is 1. The second-order valence-corrected chi connectivity index (χ2v) is 7.88. The molecular weight excluding hydrogens is 360 g/mol. The second kappa shape index (κ2) is 7.00. The predicted octanol–water partition coefficient (Wildman–Crippen LogP) is 3.32. The first-order chi connectivity index (χ1) is 12.5. The Labute approximate surface area is 154 Å². The summed E-state index contributed by atoms with van der Waals surface area (Å²) >= 11 is 1.02. The second-order valence-electron chi connectivity index (χ2n) is 6.80. The number of fused-ring (bicyclic) bond motifs is 3. The average Bonchev–Trinajstić information content (AvgIpc) is 3.06. The SMILES string of the molecule is CC1C(NC(=O)c2ncc(Sc3cc(F)cc(F)c3)o2)C2CCN1CC2. The normalized spacial score (nSPS) is 27.5. The van der Waals surface area contributed by atoms with E-state index in [1.807, 2.05) is 0 Å². The predicted molar refractivity (Wildman–Crippen MR) is 92.0 cm³/mol. The zero-order chi connectivity index (χ0) is 18.3. The van der Waals surface area contributed by atoms with Crippen LogP contribution in [0.25, 0.3) is 0 Å². The number of nitrogens with one attached hydrogen (secondary N) is 1. The maximum Gasteiger partial charge on any atom is 0.307 e. The van der Waals surface area contributed by atoms with Gasteiger partial charge in [0.05, 0.1) is 6.20 Å². The van der Waals surface area contributed by atoms with Gasteiger partial charge in [-0.2, -0.15) is 0 Å². The quantitative estimate of drug-likeness (QED) is 0.883. The number of carbonyl (C=O) groups excluding carboxylic acids is 1. The number of piperidine rings is 3. The molecule has 0 radical (unpaired) electrons. The molecule has 3 aliphatic heterocycles. The van der Waals surface area contributed by atoms with Gasteiger partial charge in [-0.25, -0.2) is 13.8 Å². The molecule has 2 atom stereocenters. The molecule has 1 N–H and O–H groups in total. The van der Waals surface area contributed by atoms with Crippen LogP contribution in [0.15, 0.2) is 38.8 Å². The van der Waals surface area contributed by atoms with Crippen LogP contribution >= 0.6 is 11.8 Å². The molecule has 5 rings (SSSR count). The smallest absolute Gasteiger partial charge is 0.307 e. The van der Waals surface area contributed by atoms with Crippen LogP contribution in [0.1, 0.15) is 30.5 Å². The molecule has 2 bridgehead atoms. The molecule has 26 heavy (non-hydrogen) atoms. The molecule has 8 heteroatoms. The molecule has 1 aromatic heterocycles. The Balaban J connectivity index is 1.43. The zero-order valence-corrected chi connectivity index (χ0v) is 15.1. The van der Waals surface area contributed by atoms with E-state index in [1.54, 1.807) is 0 Å². The van der Waals surface area contributed by atoms with Crippen LogP contribution in [-0.2, 0) is 0 Å². The molecule has 5 nitrogen and oxygen atoms in total. The van der Waals surface area contributed by atoms with E-state index in [9.17, 15) is 13.6 Å². The summed E-state index contributed by atoms with van der Waals surface area (Å²) in [5.74, 6) is -1.23. The number of amides is 1. The van der Waals surface area contributed by atoms with Gasteiger partial charge in [-0.15, -0.1) is 0 Å². The van der Waals surface area contributed by atoms with Crippen molar-refractivity contribution in [2.45, 2.75) is 41.8 Å². The highest BCUT2D eigenvalue weighted by molar-refractivity contribution is 7.99. The molecule has 2 unspecified atom stereocenters. The monoisotopic (exact) mass is 379 g/mol. The first kappa shape index (κ1) is 17.5. The Morgan fingerprint density at radius 1 is 1.27 bits per heavy atom. The first-order valence-electron chi connectivity index (χ1n) is 8.64. The number of rotatable bonds is 4. The summed E-state index contributed by atoms with van der Waals surface area (Å²) in [4.78, 5) is 19.2. The van der Waals surface area contributed by atoms with Crippen LogP contribution in [0.2, 0.25) is 0 Å². The molecule has 0 saturated carbocycles. The van der Waals surface area contributed by atoms with Crippen LogP contribution in [0, 0.1) is 17.6 Å². The van der Waals surface area contributed by atoms with Crippen LogP contribution in [0.3, 0.4) is 0 Å². The lowest BCUT2D eigenvalue weighted by molar-refractivity contribution is 0.0209. The lowest BCUT2D eigenvalue weighted by Gasteiger charge is -2.49. The number of hydrogen-bond donors (Lipinski definition) is 1. The number of oxazole rings is 1. The van der Waals surface area contributed by atoms with E-state index in [0.29, 0.717) is 21.9 Å². The highest BCUT2D eigenvalue weighted by Crippen LogP contribution is 2.33. The number of hydrogen-bond acceptors (Lipinski definition) is 5. The third kappa shape index (κ3) is 3.48. The lowest BCUT2D eigenvalue weighted by atomic mass is 9.79. The standard InChI is InChI=1S/C18H19F2N3O2S/c1-10-16(11-2-4-23(10)5-3-11)22-17(24)18-21-9-15(25-18)26-14-7-12(19)6-13(20)8-14/h6-11,16H,2-5H2,1H3,(H,22,24). The highest BCUT2D eigenvalue weighted by Gasteiger charge is 2.40. The van der Waals surface area contributed by atoms with Gasteiger partial charge in [-0.1, -0.05) is 11.8 Å². The molecule has 0 aliphatic carbocycles. The van der Waals surface area contributed by atoms with Gasteiger partial charge in [0.2, 0.25) is 0 Å². The van der Waals surface area contributed by atoms with Gasteiger partial charge in [0.15, 0.2) is 5.09 Å². The largest absolute Gasteiger partial charge is 0.425 e. The molecule has 3 fully saturated rings. The van der Waals surface area contributed by atoms with E-state index in [-0.39, 0.29) is 17.8 Å². The molecule has 1 aromatic carbocycles. The van der Waals surface area contributed by atoms with Crippen molar-refractivity contribution in [3.05, 3.63) is 41.9 Å². The lowest BCUT2D eigenvalue weighted by Crippen LogP contribution is -2.62. The molecule has 3 aliphatic rings. The van der Waals surface area contributed by atoms with Crippen molar-refractivity contribution in [1.82, 2.24) is 15.2 Å². The minimum absolute atomic E-state index is 0.0342. The van der Waals surface area contributed by atoms with Crippen molar-refractivity contribution in [3.8, 4) is 0 Å². The molecular formula is C18H19F2N3O2S. The van der Waals surface area contributed by atoms with Gasteiger partial charge < -0.3 is 9.73 Å². The number of nitrogens with zero attached hydrogens (tertiary/aromatic N) is 2. The van der Waals surface area contributed by atoms with Gasteiger partial charge in [0.1, 0.15) is 11.6 Å². The fourth-order valence-corrected chi connectivity index (χ4v) is 4.67. The van der Waals surface area contributed by atoms with Crippen molar-refractivity contribution in [2.24, 2.45) is 5.92 Å². The topological polar surface area (TPSA) is 58.4 Å². The Bertz CT molecular complexity index is 798. The molecule has 4 heterocycles. The van der Waals surface area contributed by atoms with E-state index >= 15 is 0 Å². The van der Waals surface area contributed by atoms with Gasteiger partial charge in [-0.05, 0) is 50.9 Å². The summed E-state index contributed by atoms with van der Waals surface area (Å²) in [6, 6.07) is 3.59. The van der Waals surface area contributed by atoms with E-state index in [1.165, 1.54) is 18.3 Å². The highest BCUT2D eigenvalue weighted by atomic mass is 32.2. The third-order valence-electron chi connectivity index (χ3n) is 5.21. The van der Waals surface area contributed by atoms with E-state index in [4.69, 9.17) is 4.42 Å². The molecule has 0 spiro atoms. The van der Waals surface area contributed by atoms with Crippen LogP contribution in [0.5, 0.6) is 0 Å². The minimum atomic E-state index is -0.665. The molecule has 3 saturated heterocycles. The number of carbonyl (C=O) groups is 1. The van der Waals surface area contributed by atoms with Gasteiger partial charge in [0.25, 0.3) is 5.89 Å². The zero-order valence-electron chi connectivity index (χ0n) is 14.2. The van der Waals surface area contributed by atoms with Crippen molar-refractivity contribution in [3.63, 3.8) is 0 Å². The maximum atomic E-state index is 13.3. The van der Waals surface area contributed by atoms with E-state index < -0.39 is 11.6 Å². The summed E-state index contributed by atoms with van der Waals surface area (Å²) in [5, 5.41) is 3.35. The molecule has 1 amide bonds. The minimum Gasteiger partial charge on any atom is -0.425 e. The Morgan fingerprint density at radius 3 is 2.62 bits per heavy atom. The average molecular weight is 379 g/mol. The van der Waals surface area contributed by atoms with Crippen molar-refractivity contribution < 1.29 is 18.0 Å². The summed E-state index contributed by atoms with van der Waals surface area (Å²) < 4.78 is 32.0. The fraction of sp³-hybridized carbons (Fsp3) is 0.444. The number of aromatic nitrogens is 1. The molecule has 2 aromatic rings. The van der Waals surface area contributed by atoms with Gasteiger partial charge in [-0.3, -0.25) is 9.69 Å². The van der Waals surface area contributed by atoms with E-state index in [0.717, 1.165) is 43.8 Å². The van der Waals surface area contributed by atoms with Gasteiger partial charge >= 0.3 is 5.91 Å². The summed E-state index contributed by atoms with van der Waals surface area (Å²) in [7, 11) is 0. The van der Waals surface area contributed by atoms with Crippen LogP contribution < -0.4 is 5.32 Å². The number of halogens is 2. The maximum absolute atomic E-state index is 13.3. The summed E-state index contributed by atoms with van der Waals surface area (Å²) in [6.07, 6.45) is 3.57. The Hall–Kier alpha value is -1.93.